The van der Waals surface area contributed by atoms with Crippen LogP contribution in [-0.2, 0) is 6.42 Å². The molecule has 0 fully saturated rings. The average molecular weight is 269 g/mol. The molecule has 2 aromatic rings. The average Bonchev–Trinajstić information content (AvgIpc) is 2.53. The van der Waals surface area contributed by atoms with Crippen molar-refractivity contribution in [3.05, 3.63) is 71.3 Å². The third kappa shape index (κ3) is 3.45. The molecule has 0 heterocycles. The summed E-state index contributed by atoms with van der Waals surface area (Å²) in [6, 6.07) is 16.8. The summed E-state index contributed by atoms with van der Waals surface area (Å²) >= 11 is 0. The quantitative estimate of drug-likeness (QED) is 0.876. The molecule has 2 N–H and O–H groups in total. The smallest absolute Gasteiger partial charge is 0.251 e. The number of carbonyl (C=O) groups excluding carboxylic acids is 1. The number of rotatable bonds is 5. The molecule has 0 aromatic heterocycles. The zero-order chi connectivity index (χ0) is 14.4. The maximum Gasteiger partial charge on any atom is 0.251 e. The van der Waals surface area contributed by atoms with Crippen molar-refractivity contribution in [3.8, 4) is 0 Å². The highest BCUT2D eigenvalue weighted by Gasteiger charge is 2.12. The van der Waals surface area contributed by atoms with E-state index in [0.717, 1.165) is 17.5 Å². The first-order chi connectivity index (χ1) is 9.72. The van der Waals surface area contributed by atoms with E-state index in [1.54, 1.807) is 0 Å². The van der Waals surface area contributed by atoms with E-state index in [9.17, 15) is 9.90 Å². The molecular formula is C17H19NO2. The van der Waals surface area contributed by atoms with Gasteiger partial charge in [-0.15, -0.1) is 0 Å². The second kappa shape index (κ2) is 6.87. The van der Waals surface area contributed by atoms with Crippen LogP contribution in [0.3, 0.4) is 0 Å². The Kier molecular flexibility index (Phi) is 4.91. The second-order valence-electron chi connectivity index (χ2n) is 4.65. The van der Waals surface area contributed by atoms with Crippen LogP contribution in [0, 0.1) is 0 Å². The topological polar surface area (TPSA) is 49.3 Å². The van der Waals surface area contributed by atoms with E-state index in [0.29, 0.717) is 5.56 Å². The number of amides is 1. The van der Waals surface area contributed by atoms with E-state index in [1.807, 2.05) is 61.5 Å². The lowest BCUT2D eigenvalue weighted by molar-refractivity contribution is 0.0915. The molecule has 20 heavy (non-hydrogen) atoms. The normalized spacial score (nSPS) is 11.9. The van der Waals surface area contributed by atoms with Gasteiger partial charge in [-0.2, -0.15) is 0 Å². The molecule has 1 amide bonds. The lowest BCUT2D eigenvalue weighted by Crippen LogP contribution is -2.29. The third-order valence-corrected chi connectivity index (χ3v) is 3.28. The number of hydrogen-bond acceptors (Lipinski definition) is 2. The zero-order valence-electron chi connectivity index (χ0n) is 11.5. The van der Waals surface area contributed by atoms with Crippen LogP contribution in [-0.4, -0.2) is 17.6 Å². The van der Waals surface area contributed by atoms with Crippen LogP contribution < -0.4 is 5.32 Å². The van der Waals surface area contributed by atoms with Gasteiger partial charge in [-0.1, -0.05) is 55.5 Å². The van der Waals surface area contributed by atoms with Crippen molar-refractivity contribution in [3.63, 3.8) is 0 Å². The van der Waals surface area contributed by atoms with Crippen molar-refractivity contribution in [1.82, 2.24) is 5.32 Å². The van der Waals surface area contributed by atoms with Crippen LogP contribution in [0.25, 0.3) is 0 Å². The number of nitrogens with one attached hydrogen (secondary N) is 1. The van der Waals surface area contributed by atoms with E-state index < -0.39 is 6.10 Å². The Labute approximate surface area is 119 Å². The van der Waals surface area contributed by atoms with Crippen molar-refractivity contribution in [2.75, 3.05) is 6.54 Å². The largest absolute Gasteiger partial charge is 0.387 e. The number of aliphatic hydroxyl groups excluding tert-OH is 1. The highest BCUT2D eigenvalue weighted by molar-refractivity contribution is 5.95. The fourth-order valence-electron chi connectivity index (χ4n) is 2.13. The second-order valence-corrected chi connectivity index (χ2v) is 4.65. The minimum Gasteiger partial charge on any atom is -0.387 e. The molecule has 1 atom stereocenters. The molecule has 2 rings (SSSR count). The van der Waals surface area contributed by atoms with Gasteiger partial charge >= 0.3 is 0 Å². The maximum absolute atomic E-state index is 12.1. The molecule has 0 bridgehead atoms. The fourth-order valence-corrected chi connectivity index (χ4v) is 2.13. The molecule has 0 aliphatic carbocycles. The van der Waals surface area contributed by atoms with Crippen LogP contribution in [0.5, 0.6) is 0 Å². The molecule has 0 spiro atoms. The molecule has 3 nitrogen and oxygen atoms in total. The monoisotopic (exact) mass is 269 g/mol. The third-order valence-electron chi connectivity index (χ3n) is 3.28. The van der Waals surface area contributed by atoms with Crippen molar-refractivity contribution >= 4 is 5.91 Å². The highest BCUT2D eigenvalue weighted by atomic mass is 16.3. The summed E-state index contributed by atoms with van der Waals surface area (Å²) in [7, 11) is 0. The maximum atomic E-state index is 12.1. The Morgan fingerprint density at radius 1 is 1.10 bits per heavy atom. The van der Waals surface area contributed by atoms with E-state index >= 15 is 0 Å². The highest BCUT2D eigenvalue weighted by Crippen LogP contribution is 2.12. The standard InChI is InChI=1S/C17H19NO2/c1-2-13-8-6-7-11-15(13)17(20)18-12-16(19)14-9-4-3-5-10-14/h3-11,16,19H,2,12H2,1H3,(H,18,20). The lowest BCUT2D eigenvalue weighted by atomic mass is 10.0. The predicted octanol–water partition coefficient (Wildman–Crippen LogP) is 2.71. The SMILES string of the molecule is CCc1ccccc1C(=O)NCC(O)c1ccccc1. The first-order valence-electron chi connectivity index (χ1n) is 6.81. The first-order valence-corrected chi connectivity index (χ1v) is 6.81. The van der Waals surface area contributed by atoms with E-state index in [2.05, 4.69) is 5.32 Å². The molecule has 0 saturated heterocycles. The van der Waals surface area contributed by atoms with Crippen molar-refractivity contribution in [2.45, 2.75) is 19.4 Å². The molecular weight excluding hydrogens is 250 g/mol. The fraction of sp³-hybridized carbons (Fsp3) is 0.235. The molecule has 3 heteroatoms. The van der Waals surface area contributed by atoms with Gasteiger partial charge in [-0.05, 0) is 23.6 Å². The van der Waals surface area contributed by atoms with Gasteiger partial charge in [0.25, 0.3) is 5.91 Å². The van der Waals surface area contributed by atoms with Gasteiger partial charge in [0.15, 0.2) is 0 Å². The Morgan fingerprint density at radius 2 is 1.75 bits per heavy atom. The van der Waals surface area contributed by atoms with Gasteiger partial charge in [-0.3, -0.25) is 4.79 Å². The number of hydrogen-bond donors (Lipinski definition) is 2. The summed E-state index contributed by atoms with van der Waals surface area (Å²) in [6.45, 7) is 2.23. The molecule has 2 aromatic carbocycles. The van der Waals surface area contributed by atoms with E-state index in [1.165, 1.54) is 0 Å². The van der Waals surface area contributed by atoms with Crippen LogP contribution in [0.1, 0.15) is 34.5 Å². The Bertz CT molecular complexity index is 566. The van der Waals surface area contributed by atoms with Gasteiger partial charge in [0.2, 0.25) is 0 Å². The van der Waals surface area contributed by atoms with E-state index in [-0.39, 0.29) is 12.5 Å². The zero-order valence-corrected chi connectivity index (χ0v) is 11.5. The number of aryl methyl sites for hydroxylation is 1. The Morgan fingerprint density at radius 3 is 2.45 bits per heavy atom. The molecule has 0 aliphatic heterocycles. The molecule has 0 radical (unpaired) electrons. The van der Waals surface area contributed by atoms with Gasteiger partial charge < -0.3 is 10.4 Å². The summed E-state index contributed by atoms with van der Waals surface area (Å²) in [5.74, 6) is -0.141. The summed E-state index contributed by atoms with van der Waals surface area (Å²) < 4.78 is 0. The summed E-state index contributed by atoms with van der Waals surface area (Å²) in [5.41, 5.74) is 2.49. The number of aliphatic hydroxyl groups is 1. The van der Waals surface area contributed by atoms with Gasteiger partial charge in [0.05, 0.1) is 6.10 Å². The molecule has 0 aliphatic rings. The Hall–Kier alpha value is -2.13. The molecule has 1 unspecified atom stereocenters. The summed E-state index contributed by atoms with van der Waals surface area (Å²) in [5, 5.41) is 12.8. The Balaban J connectivity index is 1.99. The van der Waals surface area contributed by atoms with Gasteiger partial charge in [-0.25, -0.2) is 0 Å². The first kappa shape index (κ1) is 14.3. The van der Waals surface area contributed by atoms with Gasteiger partial charge in [0, 0.05) is 12.1 Å². The summed E-state index contributed by atoms with van der Waals surface area (Å²) in [4.78, 5) is 12.1. The predicted molar refractivity (Wildman–Crippen MR) is 79.6 cm³/mol. The van der Waals surface area contributed by atoms with Crippen molar-refractivity contribution < 1.29 is 9.90 Å². The summed E-state index contributed by atoms with van der Waals surface area (Å²) in [6.07, 6.45) is 0.124. The van der Waals surface area contributed by atoms with Gasteiger partial charge in [0.1, 0.15) is 0 Å². The lowest BCUT2D eigenvalue weighted by Gasteiger charge is -2.13. The molecule has 0 saturated carbocycles. The van der Waals surface area contributed by atoms with Crippen LogP contribution >= 0.6 is 0 Å². The minimum atomic E-state index is -0.686. The molecule has 104 valence electrons. The van der Waals surface area contributed by atoms with Crippen LogP contribution in [0.2, 0.25) is 0 Å². The minimum absolute atomic E-state index is 0.141. The van der Waals surface area contributed by atoms with Crippen molar-refractivity contribution in [1.29, 1.82) is 0 Å². The number of benzene rings is 2. The van der Waals surface area contributed by atoms with Crippen molar-refractivity contribution in [2.24, 2.45) is 0 Å². The van der Waals surface area contributed by atoms with Crippen LogP contribution in [0.4, 0.5) is 0 Å². The van der Waals surface area contributed by atoms with Crippen LogP contribution in [0.15, 0.2) is 54.6 Å². The number of carbonyl (C=O) groups is 1. The van der Waals surface area contributed by atoms with E-state index in [4.69, 9.17) is 0 Å².